The topological polar surface area (TPSA) is 18.5 Å². The molecule has 1 aromatic rings. The van der Waals surface area contributed by atoms with E-state index in [-0.39, 0.29) is 0 Å². The van der Waals surface area contributed by atoms with E-state index in [1.165, 1.54) is 5.56 Å². The van der Waals surface area contributed by atoms with Gasteiger partial charge in [0.1, 0.15) is 5.76 Å². The highest BCUT2D eigenvalue weighted by Gasteiger charge is 2.44. The largest absolute Gasteiger partial charge is 0.544 e. The molecule has 1 rings (SSSR count). The maximum Gasteiger partial charge on any atom is 0.242 e. The average Bonchev–Trinajstić information content (AvgIpc) is 2.55. The van der Waals surface area contributed by atoms with Crippen molar-refractivity contribution in [1.29, 1.82) is 0 Å². The third-order valence-corrected chi connectivity index (χ3v) is 12.2. The van der Waals surface area contributed by atoms with Crippen LogP contribution in [0.15, 0.2) is 36.4 Å². The van der Waals surface area contributed by atoms with E-state index in [2.05, 4.69) is 97.6 Å². The lowest BCUT2D eigenvalue weighted by Crippen LogP contribution is -2.47. The molecule has 2 nitrogen and oxygen atoms in total. The van der Waals surface area contributed by atoms with Gasteiger partial charge in [-0.25, -0.2) is 0 Å². The molecule has 154 valence electrons. The molecule has 0 bridgehead atoms. The van der Waals surface area contributed by atoms with Gasteiger partial charge in [0.2, 0.25) is 8.32 Å². The highest BCUT2D eigenvalue weighted by atomic mass is 28.4. The summed E-state index contributed by atoms with van der Waals surface area (Å²) in [4.78, 5) is 0. The first-order chi connectivity index (χ1) is 12.5. The minimum absolute atomic E-state index is 0.642. The molecule has 0 aromatic heterocycles. The molecule has 0 unspecified atom stereocenters. The van der Waals surface area contributed by atoms with Crippen LogP contribution in [0.2, 0.25) is 36.3 Å². The van der Waals surface area contributed by atoms with Crippen LogP contribution in [0.3, 0.4) is 0 Å². The van der Waals surface area contributed by atoms with Crippen molar-refractivity contribution >= 4 is 22.4 Å². The van der Waals surface area contributed by atoms with Crippen molar-refractivity contribution in [2.24, 2.45) is 0 Å². The van der Waals surface area contributed by atoms with E-state index in [0.29, 0.717) is 16.6 Å². The number of rotatable bonds is 11. The first-order valence-corrected chi connectivity index (χ1v) is 16.1. The molecule has 0 aliphatic carbocycles. The summed E-state index contributed by atoms with van der Waals surface area (Å²) in [6, 6.07) is 10.5. The van der Waals surface area contributed by atoms with Gasteiger partial charge >= 0.3 is 0 Å². The highest BCUT2D eigenvalue weighted by Crippen LogP contribution is 2.42. The van der Waals surface area contributed by atoms with Crippen LogP contribution in [0.4, 0.5) is 0 Å². The van der Waals surface area contributed by atoms with Crippen LogP contribution in [-0.4, -0.2) is 23.2 Å². The van der Waals surface area contributed by atoms with Crippen molar-refractivity contribution in [3.63, 3.8) is 0 Å². The summed E-state index contributed by atoms with van der Waals surface area (Å²) in [5.74, 6) is 1.04. The van der Waals surface area contributed by atoms with Crippen LogP contribution in [-0.2, 0) is 8.85 Å². The molecule has 0 aliphatic rings. The van der Waals surface area contributed by atoms with Gasteiger partial charge in [0.15, 0.2) is 8.32 Å². The molecule has 0 spiro atoms. The van der Waals surface area contributed by atoms with Gasteiger partial charge in [0.25, 0.3) is 0 Å². The van der Waals surface area contributed by atoms with Crippen molar-refractivity contribution in [1.82, 2.24) is 0 Å². The van der Waals surface area contributed by atoms with E-state index in [1.807, 2.05) is 0 Å². The van der Waals surface area contributed by atoms with Crippen molar-refractivity contribution in [3.8, 4) is 0 Å². The van der Waals surface area contributed by atoms with Crippen LogP contribution in [0, 0.1) is 0 Å². The van der Waals surface area contributed by atoms with E-state index in [0.717, 1.165) is 25.2 Å². The molecule has 0 saturated heterocycles. The van der Waals surface area contributed by atoms with Gasteiger partial charge in [-0.2, -0.15) is 0 Å². The third-order valence-electron chi connectivity index (χ3n) is 5.21. The predicted molar refractivity (Wildman–Crippen MR) is 125 cm³/mol. The normalized spacial score (nSPS) is 13.7. The minimum Gasteiger partial charge on any atom is -0.544 e. The van der Waals surface area contributed by atoms with Crippen molar-refractivity contribution in [2.75, 3.05) is 6.61 Å². The Bertz CT molecular complexity index is 550. The van der Waals surface area contributed by atoms with Gasteiger partial charge in [0.05, 0.1) is 0 Å². The van der Waals surface area contributed by atoms with Gasteiger partial charge in [-0.15, -0.1) is 0 Å². The molecular weight excluding hydrogens is 364 g/mol. The summed E-state index contributed by atoms with van der Waals surface area (Å²) in [5.41, 5.74) is 3.10. The van der Waals surface area contributed by atoms with E-state index in [9.17, 15) is 0 Å². The summed E-state index contributed by atoms with van der Waals surface area (Å²) in [5, 5.41) is 0. The average molecular weight is 407 g/mol. The van der Waals surface area contributed by atoms with Gasteiger partial charge in [-0.3, -0.25) is 0 Å². The number of hydrogen-bond acceptors (Lipinski definition) is 2. The fourth-order valence-corrected chi connectivity index (χ4v) is 10.6. The minimum atomic E-state index is -1.75. The summed E-state index contributed by atoms with van der Waals surface area (Å²) < 4.78 is 13.0. The van der Waals surface area contributed by atoms with Crippen molar-refractivity contribution in [2.45, 2.75) is 90.6 Å². The smallest absolute Gasteiger partial charge is 0.242 e. The van der Waals surface area contributed by atoms with Crippen LogP contribution in [0.1, 0.15) is 59.9 Å². The van der Waals surface area contributed by atoms with Crippen LogP contribution in [0.5, 0.6) is 0 Å². The molecular formula is C23H42O2Si2. The molecule has 0 N–H and O–H groups in total. The fourth-order valence-electron chi connectivity index (χ4n) is 4.22. The zero-order chi connectivity index (χ0) is 20.7. The molecule has 0 radical (unpaired) electrons. The molecule has 4 heteroatoms. The van der Waals surface area contributed by atoms with E-state index < -0.39 is 16.6 Å². The quantitative estimate of drug-likeness (QED) is 0.211. The van der Waals surface area contributed by atoms with Crippen LogP contribution < -0.4 is 0 Å². The Morgan fingerprint density at radius 1 is 0.889 bits per heavy atom. The Morgan fingerprint density at radius 3 is 1.85 bits per heavy atom. The second kappa shape index (κ2) is 10.6. The zero-order valence-corrected chi connectivity index (χ0v) is 21.1. The summed E-state index contributed by atoms with van der Waals surface area (Å²) in [7, 11) is -3.39. The Kier molecular flexibility index (Phi) is 9.53. The Hall–Kier alpha value is -0.846. The standard InChI is InChI=1S/C23H42O2Si2/c1-19(2)27(20(3)4,21(5)6)24-18-14-13-17-23(25-26(7,8)9)22-15-11-10-12-16-22/h10-12,15-17,19-21H,13-14,18H2,1-9H3/b23-17-. The van der Waals surface area contributed by atoms with E-state index in [1.54, 1.807) is 0 Å². The first-order valence-electron chi connectivity index (χ1n) is 10.6. The summed E-state index contributed by atoms with van der Waals surface area (Å²) >= 11 is 0. The van der Waals surface area contributed by atoms with Gasteiger partial charge in [-0.1, -0.05) is 71.9 Å². The molecule has 0 atom stereocenters. The third kappa shape index (κ3) is 7.24. The zero-order valence-electron chi connectivity index (χ0n) is 19.1. The fraction of sp³-hybridized carbons (Fsp3) is 0.652. The molecule has 0 heterocycles. The monoisotopic (exact) mass is 406 g/mol. The van der Waals surface area contributed by atoms with Crippen molar-refractivity contribution in [3.05, 3.63) is 42.0 Å². The van der Waals surface area contributed by atoms with Crippen molar-refractivity contribution < 1.29 is 8.85 Å². The SMILES string of the molecule is CC(C)[Si](OCCC/C=C(\O[Si](C)(C)C)c1ccccc1)(C(C)C)C(C)C. The Morgan fingerprint density at radius 2 is 1.41 bits per heavy atom. The van der Waals surface area contributed by atoms with Crippen LogP contribution >= 0.6 is 0 Å². The lowest BCUT2D eigenvalue weighted by molar-refractivity contribution is 0.273. The molecule has 1 aromatic carbocycles. The highest BCUT2D eigenvalue weighted by molar-refractivity contribution is 6.77. The molecule has 0 saturated carbocycles. The summed E-state index contributed by atoms with van der Waals surface area (Å²) in [6.45, 7) is 21.7. The second-order valence-corrected chi connectivity index (χ2v) is 19.3. The van der Waals surface area contributed by atoms with Crippen LogP contribution in [0.25, 0.3) is 5.76 Å². The molecule has 0 amide bonds. The summed E-state index contributed by atoms with van der Waals surface area (Å²) in [6.07, 6.45) is 4.31. The first kappa shape index (κ1) is 24.2. The molecule has 27 heavy (non-hydrogen) atoms. The Labute approximate surface area is 170 Å². The van der Waals surface area contributed by atoms with Gasteiger partial charge in [0, 0.05) is 12.2 Å². The molecule has 0 aliphatic heterocycles. The van der Waals surface area contributed by atoms with Gasteiger partial charge < -0.3 is 8.85 Å². The lowest BCUT2D eigenvalue weighted by Gasteiger charge is -2.42. The predicted octanol–water partition coefficient (Wildman–Crippen LogP) is 7.85. The van der Waals surface area contributed by atoms with E-state index in [4.69, 9.17) is 8.85 Å². The molecule has 0 fully saturated rings. The number of allylic oxidation sites excluding steroid dienone is 1. The lowest BCUT2D eigenvalue weighted by atomic mass is 10.1. The Balaban J connectivity index is 2.76. The second-order valence-electron chi connectivity index (χ2n) is 9.46. The number of hydrogen-bond donors (Lipinski definition) is 0. The maximum atomic E-state index is 6.68. The van der Waals surface area contributed by atoms with Gasteiger partial charge in [-0.05, 0) is 55.2 Å². The number of unbranched alkanes of at least 4 members (excludes halogenated alkanes) is 1. The number of benzene rings is 1. The van der Waals surface area contributed by atoms with E-state index >= 15 is 0 Å². The maximum absolute atomic E-state index is 6.68.